The fourth-order valence-corrected chi connectivity index (χ4v) is 2.90. The second-order valence-corrected chi connectivity index (χ2v) is 7.59. The average molecular weight is 634 g/mol. The van der Waals surface area contributed by atoms with Gasteiger partial charge in [-0.1, -0.05) is 23.7 Å². The molecule has 19 heteroatoms. The lowest BCUT2D eigenvalue weighted by Crippen LogP contribution is -2.31. The first-order valence-corrected chi connectivity index (χ1v) is 11.5. The van der Waals surface area contributed by atoms with Crippen molar-refractivity contribution in [2.24, 2.45) is 0 Å². The molecule has 12 nitrogen and oxygen atoms in total. The molecule has 0 bridgehead atoms. The van der Waals surface area contributed by atoms with E-state index < -0.39 is 18.8 Å². The zero-order chi connectivity index (χ0) is 32.3. The molecule has 234 valence electrons. The van der Waals surface area contributed by atoms with Crippen LogP contribution in [0.2, 0.25) is 5.02 Å². The Labute approximate surface area is 239 Å². The minimum atomic E-state index is -5.08. The van der Waals surface area contributed by atoms with Crippen LogP contribution in [0.1, 0.15) is 10.4 Å². The molecule has 0 unspecified atom stereocenters. The predicted octanol–water partition coefficient (Wildman–Crippen LogP) is 4.25. The van der Waals surface area contributed by atoms with E-state index in [0.717, 1.165) is 5.82 Å². The molecule has 0 aliphatic heterocycles. The number of rotatable bonds is 9. The molecule has 3 rings (SSSR count). The van der Waals surface area contributed by atoms with Crippen molar-refractivity contribution in [1.29, 1.82) is 0 Å². The average Bonchev–Trinajstić information content (AvgIpc) is 3.30. The number of carbonyl (C=O) groups excluding carboxylic acids is 1. The number of hydrogen-bond donors (Lipinski definition) is 3. The molecule has 3 N–H and O–H groups in total. The number of aliphatic carboxylic acids is 1. The Morgan fingerprint density at radius 2 is 1.60 bits per heavy atom. The lowest BCUT2D eigenvalue weighted by atomic mass is 10.2. The van der Waals surface area contributed by atoms with Gasteiger partial charge in [0.05, 0.1) is 30.0 Å². The molecule has 0 radical (unpaired) electrons. The van der Waals surface area contributed by atoms with E-state index in [-0.39, 0.29) is 12.4 Å². The molecule has 0 aliphatic carbocycles. The van der Waals surface area contributed by atoms with Crippen molar-refractivity contribution in [2.45, 2.75) is 12.9 Å². The molecule has 0 fully saturated rings. The summed E-state index contributed by atoms with van der Waals surface area (Å²) in [5.41, 5.74) is 1.01. The number of fused-ring (bicyclic) bond motifs is 1. The summed E-state index contributed by atoms with van der Waals surface area (Å²) in [5, 5.41) is 21.7. The standard InChI is InChI=1S/C19H22ClN5O3.C2HF3O2.CHF3.CH2O2/c1-27-11-9-24(10-12-28-2)18-8-7-17-21-16(13-25(17)23-18)22-19(26)14-5-3-4-6-15(14)20;3-2(4,5)1(6)7;2-1(3)4;2-1-3/h3-8,13H,9-12H2,1-2H3,(H,22,26);(H,6,7);1H;1H,(H,2,3). The van der Waals surface area contributed by atoms with Gasteiger partial charge in [-0.3, -0.25) is 9.59 Å². The number of ether oxygens (including phenoxy) is 2. The lowest BCUT2D eigenvalue weighted by molar-refractivity contribution is -0.192. The molecule has 0 saturated heterocycles. The van der Waals surface area contributed by atoms with Crippen LogP contribution in [-0.2, 0) is 19.1 Å². The van der Waals surface area contributed by atoms with Gasteiger partial charge in [0.2, 0.25) is 0 Å². The molecule has 1 amide bonds. The van der Waals surface area contributed by atoms with Gasteiger partial charge < -0.3 is 29.9 Å². The van der Waals surface area contributed by atoms with Gasteiger partial charge in [0.15, 0.2) is 11.5 Å². The number of carboxylic acids is 1. The van der Waals surface area contributed by atoms with Crippen LogP contribution in [0.15, 0.2) is 42.6 Å². The van der Waals surface area contributed by atoms with Gasteiger partial charge in [-0.15, -0.1) is 5.10 Å². The summed E-state index contributed by atoms with van der Waals surface area (Å²) in [6, 6.07) is 10.6. The number of methoxy groups -OCH3 is 2. The van der Waals surface area contributed by atoms with Crippen molar-refractivity contribution >= 4 is 47.2 Å². The summed E-state index contributed by atoms with van der Waals surface area (Å²) in [7, 11) is 3.32. The third-order valence-corrected chi connectivity index (χ3v) is 4.69. The van der Waals surface area contributed by atoms with Crippen molar-refractivity contribution in [3.8, 4) is 0 Å². The highest BCUT2D eigenvalue weighted by molar-refractivity contribution is 6.34. The molecule has 2 heterocycles. The van der Waals surface area contributed by atoms with Gasteiger partial charge in [-0.05, 0) is 24.3 Å². The number of carbonyl (C=O) groups is 3. The van der Waals surface area contributed by atoms with Crippen molar-refractivity contribution in [3.63, 3.8) is 0 Å². The normalized spacial score (nSPS) is 10.3. The van der Waals surface area contributed by atoms with Gasteiger partial charge in [-0.25, -0.2) is 14.3 Å². The van der Waals surface area contributed by atoms with Gasteiger partial charge in [0, 0.05) is 27.3 Å². The number of imidazole rings is 1. The Morgan fingerprint density at radius 1 is 1.10 bits per heavy atom. The van der Waals surface area contributed by atoms with Gasteiger partial charge in [0.1, 0.15) is 5.82 Å². The zero-order valence-corrected chi connectivity index (χ0v) is 22.7. The molecule has 0 spiro atoms. The largest absolute Gasteiger partial charge is 0.490 e. The first-order chi connectivity index (χ1) is 19.7. The third kappa shape index (κ3) is 15.0. The summed E-state index contributed by atoms with van der Waals surface area (Å²) in [4.78, 5) is 36.1. The first kappa shape index (κ1) is 37.8. The van der Waals surface area contributed by atoms with Gasteiger partial charge >= 0.3 is 18.8 Å². The predicted molar refractivity (Wildman–Crippen MR) is 138 cm³/mol. The Bertz CT molecular complexity index is 1240. The second kappa shape index (κ2) is 19.8. The van der Waals surface area contributed by atoms with Gasteiger partial charge in [-0.2, -0.15) is 26.3 Å². The molecule has 1 aromatic carbocycles. The van der Waals surface area contributed by atoms with Crippen LogP contribution in [0.5, 0.6) is 0 Å². The Morgan fingerprint density at radius 3 is 2.05 bits per heavy atom. The maximum absolute atomic E-state index is 12.4. The number of carboxylic acid groups (broad SMARTS) is 2. The van der Waals surface area contributed by atoms with E-state index >= 15 is 0 Å². The minimum Gasteiger partial charge on any atom is -0.483 e. The Hall–Kier alpha value is -4.16. The molecule has 2 aromatic heterocycles. The summed E-state index contributed by atoms with van der Waals surface area (Å²) >= 11 is 6.08. The van der Waals surface area contributed by atoms with E-state index in [1.54, 1.807) is 49.2 Å². The number of nitrogens with zero attached hydrogens (tertiary/aromatic N) is 4. The quantitative estimate of drug-likeness (QED) is 0.230. The number of alkyl halides is 6. The summed E-state index contributed by atoms with van der Waals surface area (Å²) in [6.07, 6.45) is -3.42. The summed E-state index contributed by atoms with van der Waals surface area (Å²) < 4.78 is 72.7. The maximum Gasteiger partial charge on any atom is 0.490 e. The summed E-state index contributed by atoms with van der Waals surface area (Å²) in [5.74, 6) is -1.92. The van der Waals surface area contributed by atoms with Crippen LogP contribution < -0.4 is 10.2 Å². The molecular formula is C23H26ClF6N5O7. The lowest BCUT2D eigenvalue weighted by Gasteiger charge is -2.22. The molecule has 42 heavy (non-hydrogen) atoms. The molecule has 0 atom stereocenters. The third-order valence-electron chi connectivity index (χ3n) is 4.36. The highest BCUT2D eigenvalue weighted by Gasteiger charge is 2.38. The van der Waals surface area contributed by atoms with Crippen molar-refractivity contribution in [2.75, 3.05) is 50.7 Å². The monoisotopic (exact) mass is 633 g/mol. The zero-order valence-electron chi connectivity index (χ0n) is 21.9. The number of anilines is 2. The number of hydrogen-bond acceptors (Lipinski definition) is 8. The molecule has 0 saturated carbocycles. The van der Waals surface area contributed by atoms with Gasteiger partial charge in [0.25, 0.3) is 12.4 Å². The number of halogens is 7. The minimum absolute atomic E-state index is 0.250. The maximum atomic E-state index is 12.4. The van der Waals surface area contributed by atoms with Crippen molar-refractivity contribution in [1.82, 2.24) is 14.6 Å². The van der Waals surface area contributed by atoms with Crippen molar-refractivity contribution in [3.05, 3.63) is 53.2 Å². The highest BCUT2D eigenvalue weighted by atomic mass is 35.5. The smallest absolute Gasteiger partial charge is 0.483 e. The molecule has 0 aliphatic rings. The SMILES string of the molecule is COCCN(CCOC)c1ccc2nc(NC(=O)c3ccccc3Cl)cn2n1.FC(F)F.O=C(O)C(F)(F)F.O=CO. The van der Waals surface area contributed by atoms with E-state index in [0.29, 0.717) is 48.4 Å². The van der Waals surface area contributed by atoms with Crippen LogP contribution in [0.25, 0.3) is 5.65 Å². The van der Waals surface area contributed by atoms with E-state index in [1.807, 2.05) is 12.1 Å². The van der Waals surface area contributed by atoms with E-state index in [9.17, 15) is 31.1 Å². The van der Waals surface area contributed by atoms with E-state index in [2.05, 4.69) is 20.3 Å². The van der Waals surface area contributed by atoms with E-state index in [4.69, 9.17) is 40.9 Å². The molecular weight excluding hydrogens is 608 g/mol. The Balaban J connectivity index is 0.00000100. The van der Waals surface area contributed by atoms with Crippen molar-refractivity contribution < 1.29 is 60.4 Å². The van der Waals surface area contributed by atoms with Crippen LogP contribution in [0.3, 0.4) is 0 Å². The number of nitrogens with one attached hydrogen (secondary N) is 1. The summed E-state index contributed by atoms with van der Waals surface area (Å²) in [6.45, 7) is -1.40. The Kier molecular flexibility index (Phi) is 17.9. The van der Waals surface area contributed by atoms with Crippen LogP contribution >= 0.6 is 11.6 Å². The second-order valence-electron chi connectivity index (χ2n) is 7.18. The van der Waals surface area contributed by atoms with E-state index in [1.165, 1.54) is 0 Å². The first-order valence-electron chi connectivity index (χ1n) is 11.2. The van der Waals surface area contributed by atoms with Crippen LogP contribution in [-0.4, -0.2) is 96.5 Å². The fraction of sp³-hybridized carbons (Fsp3) is 0.348. The topological polar surface area (TPSA) is 156 Å². The fourth-order valence-electron chi connectivity index (χ4n) is 2.67. The number of benzene rings is 1. The van der Waals surface area contributed by atoms with Crippen LogP contribution in [0.4, 0.5) is 38.0 Å². The highest BCUT2D eigenvalue weighted by Crippen LogP contribution is 2.18. The molecule has 3 aromatic rings. The van der Waals surface area contributed by atoms with Crippen LogP contribution in [0, 0.1) is 0 Å². The number of amides is 1. The number of aromatic nitrogens is 3.